The molecular formula is C27H24N2O4S. The topological polar surface area (TPSA) is 87.5 Å². The number of esters is 1. The number of rotatable bonds is 6. The SMILES string of the molecule is N#Cc1ccc(-c2ccc(OC(=O)C3CCN(S(=O)(=O)/C=C/c4ccccc4)CC3)cc2)cc1. The number of piperidine rings is 1. The Hall–Kier alpha value is -3.73. The minimum atomic E-state index is -3.54. The number of ether oxygens (including phenoxy) is 1. The first-order valence-electron chi connectivity index (χ1n) is 11.0. The molecule has 1 aliphatic heterocycles. The summed E-state index contributed by atoms with van der Waals surface area (Å²) in [6, 6.07) is 25.8. The van der Waals surface area contributed by atoms with Gasteiger partial charge in [0.25, 0.3) is 0 Å². The quantitative estimate of drug-likeness (QED) is 0.378. The van der Waals surface area contributed by atoms with Crippen molar-refractivity contribution in [2.24, 2.45) is 5.92 Å². The Labute approximate surface area is 199 Å². The van der Waals surface area contributed by atoms with Gasteiger partial charge >= 0.3 is 5.97 Å². The molecule has 0 spiro atoms. The predicted molar refractivity (Wildman–Crippen MR) is 131 cm³/mol. The molecule has 0 atom stereocenters. The monoisotopic (exact) mass is 472 g/mol. The van der Waals surface area contributed by atoms with E-state index >= 15 is 0 Å². The van der Waals surface area contributed by atoms with Gasteiger partial charge < -0.3 is 4.74 Å². The van der Waals surface area contributed by atoms with Crippen LogP contribution in [-0.2, 0) is 14.8 Å². The Morgan fingerprint density at radius 2 is 1.50 bits per heavy atom. The zero-order valence-corrected chi connectivity index (χ0v) is 19.3. The second-order valence-corrected chi connectivity index (χ2v) is 9.88. The molecule has 0 radical (unpaired) electrons. The van der Waals surface area contributed by atoms with E-state index in [0.29, 0.717) is 24.2 Å². The molecule has 0 bridgehead atoms. The van der Waals surface area contributed by atoms with Crippen molar-refractivity contribution in [2.45, 2.75) is 12.8 Å². The van der Waals surface area contributed by atoms with Crippen molar-refractivity contribution in [3.05, 3.63) is 95.4 Å². The van der Waals surface area contributed by atoms with Crippen LogP contribution in [-0.4, -0.2) is 31.8 Å². The number of carbonyl (C=O) groups excluding carboxylic acids is 1. The van der Waals surface area contributed by atoms with Gasteiger partial charge in [-0.3, -0.25) is 4.79 Å². The van der Waals surface area contributed by atoms with E-state index in [0.717, 1.165) is 16.7 Å². The summed E-state index contributed by atoms with van der Waals surface area (Å²) < 4.78 is 32.2. The lowest BCUT2D eigenvalue weighted by Crippen LogP contribution is -2.40. The smallest absolute Gasteiger partial charge is 0.314 e. The lowest BCUT2D eigenvalue weighted by Gasteiger charge is -2.29. The van der Waals surface area contributed by atoms with Crippen LogP contribution in [0.1, 0.15) is 24.0 Å². The molecule has 1 heterocycles. The van der Waals surface area contributed by atoms with Crippen LogP contribution in [0.25, 0.3) is 17.2 Å². The summed E-state index contributed by atoms with van der Waals surface area (Å²) in [5, 5.41) is 10.1. The number of sulfonamides is 1. The summed E-state index contributed by atoms with van der Waals surface area (Å²) in [5.74, 6) is -0.242. The molecule has 3 aromatic rings. The standard InChI is InChI=1S/C27H24N2O4S/c28-20-22-6-8-23(9-7-22)24-10-12-26(13-11-24)33-27(30)25-14-17-29(18-15-25)34(31,32)19-16-21-4-2-1-3-5-21/h1-13,16,19,25H,14-15,17-18H2/b19-16+. The second kappa shape index (κ2) is 10.5. The first-order valence-corrected chi connectivity index (χ1v) is 12.5. The van der Waals surface area contributed by atoms with Crippen LogP contribution in [0, 0.1) is 17.2 Å². The van der Waals surface area contributed by atoms with Crippen molar-refractivity contribution in [3.63, 3.8) is 0 Å². The average molecular weight is 473 g/mol. The van der Waals surface area contributed by atoms with Crippen LogP contribution < -0.4 is 4.74 Å². The molecule has 3 aromatic carbocycles. The van der Waals surface area contributed by atoms with E-state index in [1.165, 1.54) is 9.71 Å². The van der Waals surface area contributed by atoms with Crippen LogP contribution in [0.5, 0.6) is 5.75 Å². The maximum Gasteiger partial charge on any atom is 0.314 e. The zero-order chi connectivity index (χ0) is 24.0. The van der Waals surface area contributed by atoms with E-state index in [1.54, 1.807) is 30.3 Å². The lowest BCUT2D eigenvalue weighted by molar-refractivity contribution is -0.140. The fourth-order valence-electron chi connectivity index (χ4n) is 3.81. The largest absolute Gasteiger partial charge is 0.426 e. The Kier molecular flexibility index (Phi) is 7.21. The minimum absolute atomic E-state index is 0.277. The van der Waals surface area contributed by atoms with Crippen molar-refractivity contribution in [1.82, 2.24) is 4.31 Å². The van der Waals surface area contributed by atoms with Crippen molar-refractivity contribution < 1.29 is 17.9 Å². The second-order valence-electron chi connectivity index (χ2n) is 8.07. The van der Waals surface area contributed by atoms with Gasteiger partial charge in [0.2, 0.25) is 10.0 Å². The Morgan fingerprint density at radius 1 is 0.912 bits per heavy atom. The highest BCUT2D eigenvalue weighted by atomic mass is 32.2. The molecule has 7 heteroatoms. The third kappa shape index (κ3) is 5.79. The van der Waals surface area contributed by atoms with E-state index < -0.39 is 10.0 Å². The van der Waals surface area contributed by atoms with Crippen molar-refractivity contribution in [2.75, 3.05) is 13.1 Å². The van der Waals surface area contributed by atoms with Crippen LogP contribution in [0.15, 0.2) is 84.3 Å². The van der Waals surface area contributed by atoms with Gasteiger partial charge in [0.1, 0.15) is 5.75 Å². The number of hydrogen-bond acceptors (Lipinski definition) is 5. The number of hydrogen-bond donors (Lipinski definition) is 0. The maximum absolute atomic E-state index is 12.6. The molecule has 0 saturated carbocycles. The molecule has 172 valence electrons. The van der Waals surface area contributed by atoms with Gasteiger partial charge in [0.05, 0.1) is 17.6 Å². The van der Waals surface area contributed by atoms with Crippen molar-refractivity contribution in [3.8, 4) is 22.9 Å². The third-order valence-corrected chi connectivity index (χ3v) is 7.36. The summed E-state index contributed by atoms with van der Waals surface area (Å²) in [4.78, 5) is 12.6. The normalized spacial score (nSPS) is 15.1. The number of nitriles is 1. The molecule has 1 fully saturated rings. The van der Waals surface area contributed by atoms with E-state index in [4.69, 9.17) is 10.00 Å². The van der Waals surface area contributed by atoms with Gasteiger partial charge in [-0.1, -0.05) is 54.6 Å². The highest BCUT2D eigenvalue weighted by Gasteiger charge is 2.31. The zero-order valence-electron chi connectivity index (χ0n) is 18.5. The lowest BCUT2D eigenvalue weighted by atomic mass is 9.98. The molecule has 4 rings (SSSR count). The van der Waals surface area contributed by atoms with Crippen LogP contribution in [0.4, 0.5) is 0 Å². The molecule has 1 saturated heterocycles. The van der Waals surface area contributed by atoms with Gasteiger partial charge in [-0.2, -0.15) is 9.57 Å². The fraction of sp³-hybridized carbons (Fsp3) is 0.185. The summed E-state index contributed by atoms with van der Waals surface area (Å²) >= 11 is 0. The third-order valence-electron chi connectivity index (χ3n) is 5.80. The maximum atomic E-state index is 12.6. The van der Waals surface area contributed by atoms with Crippen LogP contribution in [0.2, 0.25) is 0 Å². The van der Waals surface area contributed by atoms with Crippen LogP contribution >= 0.6 is 0 Å². The molecule has 0 unspecified atom stereocenters. The molecule has 0 aliphatic carbocycles. The van der Waals surface area contributed by atoms with E-state index in [1.807, 2.05) is 54.6 Å². The molecule has 0 amide bonds. The van der Waals surface area contributed by atoms with Gasteiger partial charge in [-0.25, -0.2) is 8.42 Å². The highest BCUT2D eigenvalue weighted by molar-refractivity contribution is 7.92. The van der Waals surface area contributed by atoms with Crippen molar-refractivity contribution in [1.29, 1.82) is 5.26 Å². The molecule has 0 N–H and O–H groups in total. The number of carbonyl (C=O) groups is 1. The van der Waals surface area contributed by atoms with E-state index in [2.05, 4.69) is 6.07 Å². The first-order chi connectivity index (χ1) is 16.4. The van der Waals surface area contributed by atoms with Crippen molar-refractivity contribution >= 4 is 22.1 Å². The van der Waals surface area contributed by atoms with Gasteiger partial charge in [-0.05, 0) is 59.9 Å². The van der Waals surface area contributed by atoms with Crippen LogP contribution in [0.3, 0.4) is 0 Å². The fourth-order valence-corrected chi connectivity index (χ4v) is 5.03. The average Bonchev–Trinajstić information content (AvgIpc) is 2.89. The summed E-state index contributed by atoms with van der Waals surface area (Å²) in [6.45, 7) is 0.553. The van der Waals surface area contributed by atoms with Gasteiger partial charge in [-0.15, -0.1) is 0 Å². The Bertz CT molecular complexity index is 1300. The Morgan fingerprint density at radius 3 is 2.09 bits per heavy atom. The predicted octanol–water partition coefficient (Wildman–Crippen LogP) is 4.84. The highest BCUT2D eigenvalue weighted by Crippen LogP contribution is 2.26. The molecule has 6 nitrogen and oxygen atoms in total. The summed E-state index contributed by atoms with van der Waals surface area (Å²) in [7, 11) is -3.54. The van der Waals surface area contributed by atoms with Gasteiger partial charge in [0, 0.05) is 18.5 Å². The Balaban J connectivity index is 1.31. The summed E-state index contributed by atoms with van der Waals surface area (Å²) in [5.41, 5.74) is 3.33. The van der Waals surface area contributed by atoms with E-state index in [9.17, 15) is 13.2 Å². The first kappa shape index (κ1) is 23.4. The van der Waals surface area contributed by atoms with Gasteiger partial charge in [0.15, 0.2) is 0 Å². The molecular weight excluding hydrogens is 448 g/mol. The summed E-state index contributed by atoms with van der Waals surface area (Å²) in [6.07, 6.45) is 2.42. The molecule has 34 heavy (non-hydrogen) atoms. The molecule has 1 aliphatic rings. The minimum Gasteiger partial charge on any atom is -0.426 e. The molecule has 0 aromatic heterocycles. The number of benzene rings is 3. The van der Waals surface area contributed by atoms with E-state index in [-0.39, 0.29) is 25.0 Å². The number of nitrogens with zero attached hydrogens (tertiary/aromatic N) is 2.